The molecular weight excluding hydrogens is 294 g/mol. The highest BCUT2D eigenvalue weighted by Gasteiger charge is 2.20. The molecule has 3 aromatic rings. The molecule has 0 radical (unpaired) electrons. The maximum absolute atomic E-state index is 6.19. The van der Waals surface area contributed by atoms with Crippen molar-refractivity contribution >= 4 is 23.1 Å². The summed E-state index contributed by atoms with van der Waals surface area (Å²) in [7, 11) is 0. The zero-order valence-electron chi connectivity index (χ0n) is 12.3. The highest BCUT2D eigenvalue weighted by Crippen LogP contribution is 2.32. The summed E-state index contributed by atoms with van der Waals surface area (Å²) >= 11 is 6.19. The van der Waals surface area contributed by atoms with Crippen LogP contribution in [0.1, 0.15) is 25.7 Å². The Kier molecular flexibility index (Phi) is 3.51. The fraction of sp³-hybridized carbons (Fsp3) is 0.278. The number of pyridine rings is 1. The van der Waals surface area contributed by atoms with Crippen molar-refractivity contribution in [2.75, 3.05) is 5.32 Å². The third-order valence-corrected chi connectivity index (χ3v) is 4.55. The second-order valence-electron chi connectivity index (χ2n) is 5.88. The van der Waals surface area contributed by atoms with Crippen LogP contribution in [0, 0.1) is 0 Å². The number of nitrogens with one attached hydrogen (secondary N) is 1. The Bertz CT molecular complexity index is 789. The number of fused-ring (bicyclic) bond motifs is 1. The van der Waals surface area contributed by atoms with Gasteiger partial charge in [-0.1, -0.05) is 54.8 Å². The van der Waals surface area contributed by atoms with E-state index in [1.807, 2.05) is 36.5 Å². The molecule has 0 bridgehead atoms. The number of hydrogen-bond donors (Lipinski definition) is 1. The van der Waals surface area contributed by atoms with Gasteiger partial charge in [0.05, 0.1) is 5.02 Å². The summed E-state index contributed by atoms with van der Waals surface area (Å²) in [5.74, 6) is 1.05. The minimum absolute atomic E-state index is 0.529. The SMILES string of the molecule is Clc1ccc2nc(-c3ccccc3)c(NC3CCCC3)n2c1. The first kappa shape index (κ1) is 13.6. The van der Waals surface area contributed by atoms with Gasteiger partial charge in [-0.15, -0.1) is 0 Å². The van der Waals surface area contributed by atoms with Crippen LogP contribution in [0.3, 0.4) is 0 Å². The van der Waals surface area contributed by atoms with Crippen molar-refractivity contribution in [2.24, 2.45) is 0 Å². The number of imidazole rings is 1. The highest BCUT2D eigenvalue weighted by atomic mass is 35.5. The maximum atomic E-state index is 6.19. The average Bonchev–Trinajstić information content (AvgIpc) is 3.17. The Morgan fingerprint density at radius 3 is 2.59 bits per heavy atom. The summed E-state index contributed by atoms with van der Waals surface area (Å²) in [6.45, 7) is 0. The van der Waals surface area contributed by atoms with Crippen molar-refractivity contribution < 1.29 is 0 Å². The number of anilines is 1. The van der Waals surface area contributed by atoms with E-state index >= 15 is 0 Å². The van der Waals surface area contributed by atoms with Gasteiger partial charge in [0.15, 0.2) is 0 Å². The number of hydrogen-bond acceptors (Lipinski definition) is 2. The fourth-order valence-corrected chi connectivity index (χ4v) is 3.38. The molecule has 22 heavy (non-hydrogen) atoms. The molecule has 4 rings (SSSR count). The van der Waals surface area contributed by atoms with Gasteiger partial charge in [0.25, 0.3) is 0 Å². The lowest BCUT2D eigenvalue weighted by atomic mass is 10.1. The van der Waals surface area contributed by atoms with Gasteiger partial charge in [0, 0.05) is 17.8 Å². The van der Waals surface area contributed by atoms with Gasteiger partial charge in [-0.05, 0) is 25.0 Å². The van der Waals surface area contributed by atoms with Crippen molar-refractivity contribution in [1.29, 1.82) is 0 Å². The second-order valence-corrected chi connectivity index (χ2v) is 6.31. The molecule has 1 saturated carbocycles. The number of benzene rings is 1. The van der Waals surface area contributed by atoms with Crippen LogP contribution in [-0.4, -0.2) is 15.4 Å². The largest absolute Gasteiger partial charge is 0.367 e. The highest BCUT2D eigenvalue weighted by molar-refractivity contribution is 6.30. The molecule has 1 aliphatic carbocycles. The van der Waals surface area contributed by atoms with Gasteiger partial charge < -0.3 is 5.32 Å². The standard InChI is InChI=1S/C18H18ClN3/c19-14-10-11-16-21-17(13-6-2-1-3-7-13)18(22(16)12-14)20-15-8-4-5-9-15/h1-3,6-7,10-12,15,20H,4-5,8-9H2. The molecule has 2 heterocycles. The summed E-state index contributed by atoms with van der Waals surface area (Å²) in [5.41, 5.74) is 3.04. The van der Waals surface area contributed by atoms with Crippen molar-refractivity contribution in [3.05, 3.63) is 53.7 Å². The minimum Gasteiger partial charge on any atom is -0.367 e. The van der Waals surface area contributed by atoms with Gasteiger partial charge >= 0.3 is 0 Å². The molecule has 1 N–H and O–H groups in total. The quantitative estimate of drug-likeness (QED) is 0.736. The first-order chi connectivity index (χ1) is 10.8. The van der Waals surface area contributed by atoms with E-state index in [4.69, 9.17) is 16.6 Å². The fourth-order valence-electron chi connectivity index (χ4n) is 3.22. The van der Waals surface area contributed by atoms with E-state index < -0.39 is 0 Å². The molecule has 0 amide bonds. The van der Waals surface area contributed by atoms with Gasteiger partial charge in [0.2, 0.25) is 0 Å². The molecule has 3 nitrogen and oxygen atoms in total. The molecule has 2 aromatic heterocycles. The Labute approximate surface area is 134 Å². The summed E-state index contributed by atoms with van der Waals surface area (Å²) in [4.78, 5) is 4.81. The lowest BCUT2D eigenvalue weighted by molar-refractivity contribution is 0.749. The smallest absolute Gasteiger partial charge is 0.139 e. The Hall–Kier alpha value is -2.00. The first-order valence-corrected chi connectivity index (χ1v) is 8.18. The van der Waals surface area contributed by atoms with Crippen molar-refractivity contribution in [2.45, 2.75) is 31.7 Å². The van der Waals surface area contributed by atoms with Gasteiger partial charge in [-0.25, -0.2) is 4.98 Å². The van der Waals surface area contributed by atoms with E-state index in [2.05, 4.69) is 21.9 Å². The van der Waals surface area contributed by atoms with Gasteiger partial charge in [0.1, 0.15) is 17.2 Å². The summed E-state index contributed by atoms with van der Waals surface area (Å²) < 4.78 is 2.07. The van der Waals surface area contributed by atoms with Crippen LogP contribution in [0.2, 0.25) is 5.02 Å². The molecule has 112 valence electrons. The summed E-state index contributed by atoms with van der Waals surface area (Å²) in [6, 6.07) is 14.7. The number of rotatable bonds is 3. The van der Waals surface area contributed by atoms with E-state index in [-0.39, 0.29) is 0 Å². The Morgan fingerprint density at radius 1 is 1.05 bits per heavy atom. The van der Waals surface area contributed by atoms with Crippen LogP contribution in [0.5, 0.6) is 0 Å². The van der Waals surface area contributed by atoms with Crippen LogP contribution in [0.4, 0.5) is 5.82 Å². The van der Waals surface area contributed by atoms with Crippen LogP contribution in [0.15, 0.2) is 48.7 Å². The first-order valence-electron chi connectivity index (χ1n) is 7.81. The van der Waals surface area contributed by atoms with Gasteiger partial charge in [-0.2, -0.15) is 0 Å². The second kappa shape index (κ2) is 5.65. The maximum Gasteiger partial charge on any atom is 0.139 e. The third kappa shape index (κ3) is 2.46. The Morgan fingerprint density at radius 2 is 1.82 bits per heavy atom. The molecule has 1 aliphatic rings. The summed E-state index contributed by atoms with van der Waals surface area (Å²) in [5, 5.41) is 4.42. The molecular formula is C18H18ClN3. The monoisotopic (exact) mass is 311 g/mol. The number of nitrogens with zero attached hydrogens (tertiary/aromatic N) is 2. The number of halogens is 1. The van der Waals surface area contributed by atoms with E-state index in [1.54, 1.807) is 0 Å². The van der Waals surface area contributed by atoms with E-state index in [1.165, 1.54) is 25.7 Å². The molecule has 0 saturated heterocycles. The number of aromatic nitrogens is 2. The molecule has 1 aromatic carbocycles. The lowest BCUT2D eigenvalue weighted by Gasteiger charge is -2.15. The average molecular weight is 312 g/mol. The van der Waals surface area contributed by atoms with Crippen LogP contribution >= 0.6 is 11.6 Å². The predicted molar refractivity (Wildman–Crippen MR) is 91.5 cm³/mol. The van der Waals surface area contributed by atoms with Crippen molar-refractivity contribution in [3.8, 4) is 11.3 Å². The molecule has 1 fully saturated rings. The van der Waals surface area contributed by atoms with Crippen LogP contribution < -0.4 is 5.32 Å². The zero-order chi connectivity index (χ0) is 14.9. The zero-order valence-corrected chi connectivity index (χ0v) is 13.1. The molecule has 0 unspecified atom stereocenters. The molecule has 4 heteroatoms. The van der Waals surface area contributed by atoms with Crippen LogP contribution in [0.25, 0.3) is 16.9 Å². The van der Waals surface area contributed by atoms with E-state index in [9.17, 15) is 0 Å². The minimum atomic E-state index is 0.529. The van der Waals surface area contributed by atoms with Crippen LogP contribution in [-0.2, 0) is 0 Å². The van der Waals surface area contributed by atoms with E-state index in [0.717, 1.165) is 27.7 Å². The Balaban J connectivity index is 1.86. The topological polar surface area (TPSA) is 29.3 Å². The summed E-state index contributed by atoms with van der Waals surface area (Å²) in [6.07, 6.45) is 6.99. The molecule has 0 spiro atoms. The normalized spacial score (nSPS) is 15.5. The van der Waals surface area contributed by atoms with Crippen molar-refractivity contribution in [1.82, 2.24) is 9.38 Å². The van der Waals surface area contributed by atoms with Crippen molar-refractivity contribution in [3.63, 3.8) is 0 Å². The molecule has 0 aliphatic heterocycles. The van der Waals surface area contributed by atoms with Gasteiger partial charge in [-0.3, -0.25) is 4.40 Å². The molecule has 0 atom stereocenters. The third-order valence-electron chi connectivity index (χ3n) is 4.33. The predicted octanol–water partition coefficient (Wildman–Crippen LogP) is 5.01. The van der Waals surface area contributed by atoms with E-state index in [0.29, 0.717) is 6.04 Å². The lowest BCUT2D eigenvalue weighted by Crippen LogP contribution is -2.16.